The largest absolute Gasteiger partial charge is 0.508 e. The summed E-state index contributed by atoms with van der Waals surface area (Å²) < 4.78 is 0. The third-order valence-corrected chi connectivity index (χ3v) is 11.3. The van der Waals surface area contributed by atoms with Crippen molar-refractivity contribution < 1.29 is 10.2 Å². The highest BCUT2D eigenvalue weighted by atomic mass is 16.3. The molecular formula is C63H64O2. The number of hydrogen-bond donors (Lipinski definition) is 2. The van der Waals surface area contributed by atoms with E-state index in [9.17, 15) is 10.2 Å². The van der Waals surface area contributed by atoms with Crippen molar-refractivity contribution in [2.24, 2.45) is 0 Å². The van der Waals surface area contributed by atoms with Crippen LogP contribution < -0.4 is 0 Å². The SMILES string of the molecule is C(=C1c2ccccc2-c2ccccc21)c1ccccc1.CC.CC.CCC.CCC.Oc1ccc2cc(C3(c4ccc5cc(O)ccc5c4)c4ccccc4-c4ccccc43)ccc2c1. The predicted molar refractivity (Wildman–Crippen MR) is 282 cm³/mol. The summed E-state index contributed by atoms with van der Waals surface area (Å²) in [5, 5.41) is 24.2. The Hall–Kier alpha value is -7.16. The summed E-state index contributed by atoms with van der Waals surface area (Å²) in [4.78, 5) is 0. The van der Waals surface area contributed by atoms with E-state index in [2.05, 4.69) is 198 Å². The van der Waals surface area contributed by atoms with Crippen molar-refractivity contribution in [3.63, 3.8) is 0 Å². The molecule has 11 rings (SSSR count). The van der Waals surface area contributed by atoms with Crippen molar-refractivity contribution in [2.75, 3.05) is 0 Å². The summed E-state index contributed by atoms with van der Waals surface area (Å²) in [7, 11) is 0. The molecule has 0 spiro atoms. The van der Waals surface area contributed by atoms with Gasteiger partial charge in [0.05, 0.1) is 5.41 Å². The van der Waals surface area contributed by atoms with Gasteiger partial charge in [-0.05, 0) is 131 Å². The maximum absolute atomic E-state index is 10.0. The lowest BCUT2D eigenvalue weighted by atomic mass is 9.67. The topological polar surface area (TPSA) is 40.5 Å². The van der Waals surface area contributed by atoms with Crippen molar-refractivity contribution in [3.05, 3.63) is 239 Å². The summed E-state index contributed by atoms with van der Waals surface area (Å²) in [6.45, 7) is 16.5. The molecule has 0 saturated carbocycles. The molecule has 0 heterocycles. The number of hydrogen-bond acceptors (Lipinski definition) is 2. The highest BCUT2D eigenvalue weighted by molar-refractivity contribution is 6.06. The molecule has 0 aromatic heterocycles. The standard InChI is InChI=1S/C33H22O2.C20H14.2C3H8.2C2H6/c34-27-15-11-21-17-25(13-9-23(21)19-27)33(26-14-10-24-20-28(35)16-12-22(24)18-26)31-7-3-1-5-29(31)30-6-2-4-8-32(30)33;1-2-8-15(9-3-1)14-20-18-12-6-4-10-16(18)17-11-5-7-13-19(17)20;2*1-3-2;2*1-2/h1-20,34-35H;1-14H;2*3H2,1-2H3;2*1-2H3. The summed E-state index contributed by atoms with van der Waals surface area (Å²) >= 11 is 0. The van der Waals surface area contributed by atoms with Gasteiger partial charge in [0.1, 0.15) is 11.5 Å². The summed E-state index contributed by atoms with van der Waals surface area (Å²) in [5.41, 5.74) is 14.8. The number of benzene rings is 9. The van der Waals surface area contributed by atoms with Gasteiger partial charge in [0.15, 0.2) is 0 Å². The van der Waals surface area contributed by atoms with E-state index < -0.39 is 5.41 Å². The molecule has 2 aliphatic carbocycles. The second-order valence-electron chi connectivity index (χ2n) is 15.8. The smallest absolute Gasteiger partial charge is 0.116 e. The molecule has 2 nitrogen and oxygen atoms in total. The third kappa shape index (κ3) is 9.69. The maximum atomic E-state index is 10.0. The minimum absolute atomic E-state index is 0.273. The van der Waals surface area contributed by atoms with Gasteiger partial charge in [-0.1, -0.05) is 232 Å². The van der Waals surface area contributed by atoms with Crippen molar-refractivity contribution >= 4 is 33.2 Å². The van der Waals surface area contributed by atoms with Crippen LogP contribution in [-0.4, -0.2) is 10.2 Å². The van der Waals surface area contributed by atoms with Gasteiger partial charge < -0.3 is 10.2 Å². The van der Waals surface area contributed by atoms with E-state index in [0.717, 1.165) is 21.5 Å². The second-order valence-corrected chi connectivity index (χ2v) is 15.8. The lowest BCUT2D eigenvalue weighted by molar-refractivity contribution is 0.475. The molecular weight excluding hydrogens is 789 g/mol. The molecule has 2 heteroatoms. The molecule has 65 heavy (non-hydrogen) atoms. The fourth-order valence-electron chi connectivity index (χ4n) is 8.88. The van der Waals surface area contributed by atoms with Gasteiger partial charge in [-0.15, -0.1) is 0 Å². The van der Waals surface area contributed by atoms with Crippen molar-refractivity contribution in [1.29, 1.82) is 0 Å². The van der Waals surface area contributed by atoms with Crippen LogP contribution in [0.1, 0.15) is 107 Å². The van der Waals surface area contributed by atoms with Gasteiger partial charge in [0.2, 0.25) is 0 Å². The van der Waals surface area contributed by atoms with Crippen LogP contribution in [0.5, 0.6) is 11.5 Å². The number of aromatic hydroxyl groups is 2. The van der Waals surface area contributed by atoms with Gasteiger partial charge in [-0.3, -0.25) is 0 Å². The van der Waals surface area contributed by atoms with E-state index in [1.165, 1.54) is 79.6 Å². The van der Waals surface area contributed by atoms with E-state index in [0.29, 0.717) is 0 Å². The predicted octanol–water partition coefficient (Wildman–Crippen LogP) is 17.9. The maximum Gasteiger partial charge on any atom is 0.116 e. The quantitative estimate of drug-likeness (QED) is 0.186. The highest BCUT2D eigenvalue weighted by Crippen LogP contribution is 2.56. The first-order valence-electron chi connectivity index (χ1n) is 23.5. The van der Waals surface area contributed by atoms with Gasteiger partial charge in [0.25, 0.3) is 0 Å². The Balaban J connectivity index is 0.000000197. The van der Waals surface area contributed by atoms with E-state index >= 15 is 0 Å². The molecule has 9 aromatic rings. The fraction of sp³-hybridized carbons (Fsp3) is 0.175. The van der Waals surface area contributed by atoms with Crippen LogP contribution in [-0.2, 0) is 5.41 Å². The van der Waals surface area contributed by atoms with Gasteiger partial charge in [-0.25, -0.2) is 0 Å². The van der Waals surface area contributed by atoms with Crippen molar-refractivity contribution in [1.82, 2.24) is 0 Å². The van der Waals surface area contributed by atoms with Crippen molar-refractivity contribution in [2.45, 2.75) is 73.6 Å². The van der Waals surface area contributed by atoms with Crippen LogP contribution in [0, 0.1) is 0 Å². The molecule has 2 N–H and O–H groups in total. The summed E-state index contributed by atoms with van der Waals surface area (Å²) in [6, 6.07) is 69.4. The molecule has 328 valence electrons. The van der Waals surface area contributed by atoms with E-state index in [1.54, 1.807) is 12.1 Å². The Morgan fingerprint density at radius 1 is 0.354 bits per heavy atom. The summed E-state index contributed by atoms with van der Waals surface area (Å²) in [5.74, 6) is 0.545. The van der Waals surface area contributed by atoms with Crippen LogP contribution in [0.3, 0.4) is 0 Å². The molecule has 0 unspecified atom stereocenters. The number of phenols is 2. The van der Waals surface area contributed by atoms with Crippen LogP contribution in [0.25, 0.3) is 55.4 Å². The lowest BCUT2D eigenvalue weighted by Crippen LogP contribution is -2.28. The zero-order valence-electron chi connectivity index (χ0n) is 39.4. The molecule has 0 saturated heterocycles. The average molecular weight is 853 g/mol. The van der Waals surface area contributed by atoms with E-state index in [1.807, 2.05) is 52.0 Å². The summed E-state index contributed by atoms with van der Waals surface area (Å²) in [6.07, 6.45) is 4.78. The van der Waals surface area contributed by atoms with Crippen LogP contribution in [0.2, 0.25) is 0 Å². The number of phenolic OH excluding ortho intramolecular Hbond substituents is 2. The monoisotopic (exact) mass is 852 g/mol. The molecule has 0 amide bonds. The van der Waals surface area contributed by atoms with Gasteiger partial charge in [-0.2, -0.15) is 0 Å². The van der Waals surface area contributed by atoms with Crippen LogP contribution >= 0.6 is 0 Å². The first-order chi connectivity index (χ1) is 31.9. The Morgan fingerprint density at radius 3 is 1.09 bits per heavy atom. The minimum atomic E-state index is -0.495. The van der Waals surface area contributed by atoms with Gasteiger partial charge >= 0.3 is 0 Å². The molecule has 0 fully saturated rings. The van der Waals surface area contributed by atoms with E-state index in [-0.39, 0.29) is 11.5 Å². The average Bonchev–Trinajstić information content (AvgIpc) is 3.84. The highest BCUT2D eigenvalue weighted by Gasteiger charge is 2.46. The number of rotatable bonds is 3. The van der Waals surface area contributed by atoms with Gasteiger partial charge in [0, 0.05) is 0 Å². The third-order valence-electron chi connectivity index (χ3n) is 11.3. The number of fused-ring (bicyclic) bond motifs is 8. The normalized spacial score (nSPS) is 11.7. The van der Waals surface area contributed by atoms with Crippen molar-refractivity contribution in [3.8, 4) is 33.8 Å². The lowest BCUT2D eigenvalue weighted by Gasteiger charge is -2.34. The Bertz CT molecular complexity index is 2810. The van der Waals surface area contributed by atoms with Crippen LogP contribution in [0.4, 0.5) is 0 Å². The molecule has 9 aromatic carbocycles. The zero-order valence-corrected chi connectivity index (χ0v) is 39.4. The Labute approximate surface area is 388 Å². The zero-order chi connectivity index (χ0) is 46.3. The first kappa shape index (κ1) is 47.3. The Kier molecular flexibility index (Phi) is 16.3. The molecule has 0 bridgehead atoms. The first-order valence-corrected chi connectivity index (χ1v) is 23.5. The Morgan fingerprint density at radius 2 is 0.677 bits per heavy atom. The molecule has 0 aliphatic heterocycles. The molecule has 0 atom stereocenters. The minimum Gasteiger partial charge on any atom is -0.508 e. The van der Waals surface area contributed by atoms with E-state index in [4.69, 9.17) is 0 Å². The molecule has 2 aliphatic rings. The second kappa shape index (κ2) is 22.5. The molecule has 0 radical (unpaired) electrons. The fourth-order valence-corrected chi connectivity index (χ4v) is 8.88. The van der Waals surface area contributed by atoms with Crippen LogP contribution in [0.15, 0.2) is 200 Å².